The molecule has 4 rings (SSSR count). The lowest BCUT2D eigenvalue weighted by Crippen LogP contribution is -2.44. The molecule has 1 atom stereocenters. The van der Waals surface area contributed by atoms with E-state index in [1.54, 1.807) is 36.5 Å². The van der Waals surface area contributed by atoms with E-state index in [1.807, 2.05) is 54.6 Å². The predicted octanol–water partition coefficient (Wildman–Crippen LogP) is 4.39. The quantitative estimate of drug-likeness (QED) is 0.327. The molecule has 0 aliphatic carbocycles. The van der Waals surface area contributed by atoms with Crippen molar-refractivity contribution in [1.29, 1.82) is 0 Å². The minimum absolute atomic E-state index is 0.0461. The second-order valence-corrected chi connectivity index (χ2v) is 7.40. The summed E-state index contributed by atoms with van der Waals surface area (Å²) >= 11 is 0. The molecule has 0 unspecified atom stereocenters. The molecule has 1 amide bonds. The van der Waals surface area contributed by atoms with Gasteiger partial charge in [0.15, 0.2) is 0 Å². The molecular formula is C26H22N2O5. The van der Waals surface area contributed by atoms with Gasteiger partial charge in [-0.3, -0.25) is 0 Å². The molecule has 0 spiro atoms. The molecule has 0 fully saturated rings. The maximum absolute atomic E-state index is 12.9. The topological polar surface area (TPSA) is 97.5 Å². The lowest BCUT2D eigenvalue weighted by atomic mass is 10.1. The van der Waals surface area contributed by atoms with Crippen LogP contribution in [0.1, 0.15) is 21.5 Å². The van der Waals surface area contributed by atoms with Gasteiger partial charge in [-0.05, 0) is 29.3 Å². The van der Waals surface area contributed by atoms with E-state index in [0.717, 1.165) is 22.0 Å². The highest BCUT2D eigenvalue weighted by molar-refractivity contribution is 5.99. The first-order valence-corrected chi connectivity index (χ1v) is 10.4. The van der Waals surface area contributed by atoms with Crippen LogP contribution in [0.5, 0.6) is 0 Å². The summed E-state index contributed by atoms with van der Waals surface area (Å²) in [6, 6.07) is 23.8. The summed E-state index contributed by atoms with van der Waals surface area (Å²) < 4.78 is 10.3. The van der Waals surface area contributed by atoms with Gasteiger partial charge in [0.1, 0.15) is 12.6 Å². The summed E-state index contributed by atoms with van der Waals surface area (Å²) in [5.74, 6) is -1.66. The fraction of sp³-hybridized carbons (Fsp3) is 0.115. The molecule has 1 aromatic heterocycles. The lowest BCUT2D eigenvalue weighted by molar-refractivity contribution is -0.140. The van der Waals surface area contributed by atoms with Gasteiger partial charge in [0, 0.05) is 23.5 Å². The largest absolute Gasteiger partial charge is 0.445 e. The number of para-hydroxylation sites is 1. The van der Waals surface area contributed by atoms with Crippen LogP contribution in [-0.2, 0) is 27.3 Å². The van der Waals surface area contributed by atoms with Crippen molar-refractivity contribution in [2.45, 2.75) is 19.1 Å². The zero-order valence-corrected chi connectivity index (χ0v) is 17.7. The molecule has 0 saturated heterocycles. The first-order chi connectivity index (χ1) is 16.1. The molecule has 7 heteroatoms. The monoisotopic (exact) mass is 442 g/mol. The first-order valence-electron chi connectivity index (χ1n) is 10.4. The maximum atomic E-state index is 12.9. The number of aromatic nitrogens is 1. The third kappa shape index (κ3) is 5.65. The Hall–Kier alpha value is -4.39. The predicted molar refractivity (Wildman–Crippen MR) is 122 cm³/mol. The van der Waals surface area contributed by atoms with Crippen molar-refractivity contribution in [2.24, 2.45) is 0 Å². The van der Waals surface area contributed by atoms with Crippen LogP contribution in [0.2, 0.25) is 0 Å². The number of fused-ring (bicyclic) bond motifs is 1. The summed E-state index contributed by atoms with van der Waals surface area (Å²) in [6.07, 6.45) is 1.10. The fourth-order valence-electron chi connectivity index (χ4n) is 3.42. The highest BCUT2D eigenvalue weighted by Crippen LogP contribution is 2.20. The summed E-state index contributed by atoms with van der Waals surface area (Å²) in [7, 11) is 0. The molecule has 0 bridgehead atoms. The zero-order chi connectivity index (χ0) is 23.0. The number of amides is 1. The van der Waals surface area contributed by atoms with Crippen LogP contribution in [0.15, 0.2) is 91.1 Å². The SMILES string of the molecule is O=C(N[C@@H](Cc1c[nH]c2ccccc12)C(=O)OC(=O)c1ccccc1)OCc1ccccc1. The van der Waals surface area contributed by atoms with E-state index in [-0.39, 0.29) is 18.6 Å². The van der Waals surface area contributed by atoms with Gasteiger partial charge in [0.2, 0.25) is 0 Å². The van der Waals surface area contributed by atoms with Crippen molar-refractivity contribution in [3.8, 4) is 0 Å². The molecule has 0 saturated carbocycles. The highest BCUT2D eigenvalue weighted by atomic mass is 16.6. The standard InChI is InChI=1S/C26H22N2O5/c29-24(19-11-5-2-6-12-19)33-25(30)23(15-20-16-27-22-14-8-7-13-21(20)22)28-26(31)32-17-18-9-3-1-4-10-18/h1-14,16,23,27H,15,17H2,(H,28,31)/t23-/m0/s1. The number of alkyl carbamates (subject to hydrolysis) is 1. The Morgan fingerprint density at radius 3 is 2.27 bits per heavy atom. The molecular weight excluding hydrogens is 420 g/mol. The van der Waals surface area contributed by atoms with Crippen molar-refractivity contribution < 1.29 is 23.9 Å². The smallest absolute Gasteiger partial charge is 0.408 e. The minimum Gasteiger partial charge on any atom is -0.445 e. The van der Waals surface area contributed by atoms with E-state index >= 15 is 0 Å². The van der Waals surface area contributed by atoms with Gasteiger partial charge >= 0.3 is 18.0 Å². The van der Waals surface area contributed by atoms with Crippen LogP contribution < -0.4 is 5.32 Å². The molecule has 33 heavy (non-hydrogen) atoms. The minimum atomic E-state index is -1.12. The number of nitrogens with one attached hydrogen (secondary N) is 2. The average molecular weight is 442 g/mol. The number of aromatic amines is 1. The second kappa shape index (κ2) is 10.3. The van der Waals surface area contributed by atoms with Gasteiger partial charge in [-0.25, -0.2) is 14.4 Å². The average Bonchev–Trinajstić information content (AvgIpc) is 3.26. The van der Waals surface area contributed by atoms with Gasteiger partial charge < -0.3 is 19.8 Å². The lowest BCUT2D eigenvalue weighted by Gasteiger charge is -2.17. The molecule has 166 valence electrons. The van der Waals surface area contributed by atoms with E-state index in [1.165, 1.54) is 0 Å². The van der Waals surface area contributed by atoms with Crippen molar-refractivity contribution >= 4 is 28.9 Å². The number of H-pyrrole nitrogens is 1. The second-order valence-electron chi connectivity index (χ2n) is 7.40. The van der Waals surface area contributed by atoms with Crippen LogP contribution in [0.4, 0.5) is 4.79 Å². The number of carbonyl (C=O) groups excluding carboxylic acids is 3. The van der Waals surface area contributed by atoms with Gasteiger partial charge in [0.05, 0.1) is 5.56 Å². The van der Waals surface area contributed by atoms with E-state index in [9.17, 15) is 14.4 Å². The molecule has 0 aliphatic rings. The molecule has 0 radical (unpaired) electrons. The number of ether oxygens (including phenoxy) is 2. The fourth-order valence-corrected chi connectivity index (χ4v) is 3.42. The van der Waals surface area contributed by atoms with Gasteiger partial charge in [-0.15, -0.1) is 0 Å². The Balaban J connectivity index is 1.48. The normalized spacial score (nSPS) is 11.5. The Bertz CT molecular complexity index is 1250. The third-order valence-corrected chi connectivity index (χ3v) is 5.09. The number of hydrogen-bond acceptors (Lipinski definition) is 5. The highest BCUT2D eigenvalue weighted by Gasteiger charge is 2.27. The number of hydrogen-bond donors (Lipinski definition) is 2. The Kier molecular flexibility index (Phi) is 6.80. The van der Waals surface area contributed by atoms with Crippen molar-refractivity contribution in [1.82, 2.24) is 10.3 Å². The van der Waals surface area contributed by atoms with Crippen LogP contribution in [-0.4, -0.2) is 29.1 Å². The van der Waals surface area contributed by atoms with Crippen LogP contribution in [0.25, 0.3) is 10.9 Å². The molecule has 1 heterocycles. The molecule has 0 aliphatic heterocycles. The van der Waals surface area contributed by atoms with E-state index in [2.05, 4.69) is 10.3 Å². The van der Waals surface area contributed by atoms with E-state index < -0.39 is 24.1 Å². The Morgan fingerprint density at radius 1 is 0.848 bits per heavy atom. The van der Waals surface area contributed by atoms with Crippen LogP contribution in [0.3, 0.4) is 0 Å². The number of benzene rings is 3. The molecule has 4 aromatic rings. The summed E-state index contributed by atoms with van der Waals surface area (Å²) in [6.45, 7) is 0.0461. The first kappa shape index (κ1) is 21.8. The van der Waals surface area contributed by atoms with Crippen molar-refractivity contribution in [2.75, 3.05) is 0 Å². The summed E-state index contributed by atoms with van der Waals surface area (Å²) in [5, 5.41) is 3.45. The van der Waals surface area contributed by atoms with E-state index in [0.29, 0.717) is 0 Å². The number of esters is 2. The molecule has 7 nitrogen and oxygen atoms in total. The molecule has 2 N–H and O–H groups in total. The Labute approximate surface area is 190 Å². The van der Waals surface area contributed by atoms with Crippen molar-refractivity contribution in [3.63, 3.8) is 0 Å². The number of rotatable bonds is 7. The third-order valence-electron chi connectivity index (χ3n) is 5.09. The van der Waals surface area contributed by atoms with Gasteiger partial charge in [0.25, 0.3) is 0 Å². The van der Waals surface area contributed by atoms with Gasteiger partial charge in [-0.1, -0.05) is 66.7 Å². The molecule has 3 aromatic carbocycles. The van der Waals surface area contributed by atoms with E-state index in [4.69, 9.17) is 9.47 Å². The summed E-state index contributed by atoms with van der Waals surface area (Å²) in [5.41, 5.74) is 2.74. The number of carbonyl (C=O) groups is 3. The van der Waals surface area contributed by atoms with Crippen LogP contribution >= 0.6 is 0 Å². The summed E-state index contributed by atoms with van der Waals surface area (Å²) in [4.78, 5) is 40.8. The van der Waals surface area contributed by atoms with Gasteiger partial charge in [-0.2, -0.15) is 0 Å². The van der Waals surface area contributed by atoms with Crippen molar-refractivity contribution in [3.05, 3.63) is 108 Å². The van der Waals surface area contributed by atoms with Crippen LogP contribution in [0, 0.1) is 0 Å². The Morgan fingerprint density at radius 2 is 1.52 bits per heavy atom. The zero-order valence-electron chi connectivity index (χ0n) is 17.7. The maximum Gasteiger partial charge on any atom is 0.408 e.